The highest BCUT2D eigenvalue weighted by Gasteiger charge is 2.19. The second-order valence-corrected chi connectivity index (χ2v) is 10.8. The first-order chi connectivity index (χ1) is 20.2. The fourth-order valence-corrected chi connectivity index (χ4v) is 6.35. The van der Waals surface area contributed by atoms with Gasteiger partial charge in [-0.3, -0.25) is 9.38 Å². The summed E-state index contributed by atoms with van der Waals surface area (Å²) in [5.74, 6) is 0. The first kappa shape index (κ1) is 22.4. The summed E-state index contributed by atoms with van der Waals surface area (Å²) in [6.07, 6.45) is 8.48. The molecule has 4 aromatic carbocycles. The normalized spacial score (nSPS) is 13.2. The zero-order valence-corrected chi connectivity index (χ0v) is 22.4. The van der Waals surface area contributed by atoms with Crippen LogP contribution in [0.1, 0.15) is 5.56 Å². The van der Waals surface area contributed by atoms with Crippen molar-refractivity contribution in [3.63, 3.8) is 0 Å². The van der Waals surface area contributed by atoms with Crippen LogP contribution in [0.3, 0.4) is 0 Å². The van der Waals surface area contributed by atoms with Crippen LogP contribution in [-0.4, -0.2) is 28.0 Å². The highest BCUT2D eigenvalue weighted by atomic mass is 16.3. The lowest BCUT2D eigenvalue weighted by Gasteiger charge is -2.27. The average molecular weight is 529 g/mol. The van der Waals surface area contributed by atoms with Gasteiger partial charge in [0.2, 0.25) is 5.71 Å². The Morgan fingerprint density at radius 3 is 2.51 bits per heavy atom. The van der Waals surface area contributed by atoms with E-state index in [1.807, 2.05) is 30.5 Å². The van der Waals surface area contributed by atoms with Gasteiger partial charge in [-0.1, -0.05) is 54.6 Å². The van der Waals surface area contributed by atoms with Crippen molar-refractivity contribution in [2.75, 3.05) is 18.5 Å². The summed E-state index contributed by atoms with van der Waals surface area (Å²) in [5, 5.41) is 4.62. The van der Waals surface area contributed by atoms with Crippen LogP contribution in [0, 0.1) is 0 Å². The van der Waals surface area contributed by atoms with Gasteiger partial charge in [-0.15, -0.1) is 0 Å². The maximum Gasteiger partial charge on any atom is 0.232 e. The van der Waals surface area contributed by atoms with Crippen molar-refractivity contribution in [1.82, 2.24) is 14.4 Å². The molecule has 0 bridgehead atoms. The third-order valence-corrected chi connectivity index (χ3v) is 8.36. The van der Waals surface area contributed by atoms with Gasteiger partial charge in [0, 0.05) is 42.3 Å². The number of furan rings is 1. The Morgan fingerprint density at radius 2 is 1.59 bits per heavy atom. The Morgan fingerprint density at radius 1 is 0.756 bits per heavy atom. The number of rotatable bonds is 2. The van der Waals surface area contributed by atoms with E-state index in [9.17, 15) is 0 Å². The number of pyridine rings is 2. The van der Waals surface area contributed by atoms with E-state index in [1.165, 1.54) is 33.2 Å². The fourth-order valence-electron chi connectivity index (χ4n) is 6.35. The van der Waals surface area contributed by atoms with E-state index in [-0.39, 0.29) is 0 Å². The minimum absolute atomic E-state index is 0.780. The van der Waals surface area contributed by atoms with Crippen LogP contribution in [-0.2, 0) is 0 Å². The number of imidazole rings is 1. The minimum Gasteiger partial charge on any atom is -0.437 e. The Balaban J connectivity index is 1.16. The van der Waals surface area contributed by atoms with Crippen molar-refractivity contribution in [2.45, 2.75) is 0 Å². The molecular weight excluding hydrogens is 504 g/mol. The molecule has 1 aliphatic heterocycles. The third-order valence-electron chi connectivity index (χ3n) is 8.36. The van der Waals surface area contributed by atoms with E-state index < -0.39 is 0 Å². The standard InChI is InChI=1S/C36H24N4O/c1-39-17-5-8-28-30(20-26-6-4-16-37-33(26)35(28)39)25-13-12-22-18-24(11-10-23(22)19-25)27-14-15-32-38-34-29-7-2-3-9-31(29)41-36(34)40(32)21-27/h2-16,18-21H,17H2,1H3. The number of para-hydroxylation sites is 1. The van der Waals surface area contributed by atoms with Crippen molar-refractivity contribution in [1.29, 1.82) is 0 Å². The summed E-state index contributed by atoms with van der Waals surface area (Å²) in [4.78, 5) is 11.9. The van der Waals surface area contributed by atoms with Gasteiger partial charge in [-0.05, 0) is 81.6 Å². The molecule has 1 aliphatic rings. The molecule has 4 aromatic heterocycles. The molecule has 0 saturated carbocycles. The molecule has 0 aliphatic carbocycles. The number of hydrogen-bond donors (Lipinski definition) is 0. The number of aromatic nitrogens is 3. The molecule has 0 saturated heterocycles. The number of benzene rings is 4. The van der Waals surface area contributed by atoms with Crippen molar-refractivity contribution in [3.8, 4) is 22.3 Å². The summed E-state index contributed by atoms with van der Waals surface area (Å²) in [7, 11) is 2.14. The summed E-state index contributed by atoms with van der Waals surface area (Å²) in [5.41, 5.74) is 11.6. The minimum atomic E-state index is 0.780. The van der Waals surface area contributed by atoms with Crippen molar-refractivity contribution < 1.29 is 4.42 Å². The largest absolute Gasteiger partial charge is 0.437 e. The van der Waals surface area contributed by atoms with E-state index in [0.29, 0.717) is 0 Å². The molecule has 8 aromatic rings. The Kier molecular flexibility index (Phi) is 4.53. The van der Waals surface area contributed by atoms with E-state index in [2.05, 4.69) is 101 Å². The third kappa shape index (κ3) is 3.29. The molecule has 41 heavy (non-hydrogen) atoms. The van der Waals surface area contributed by atoms with Crippen LogP contribution in [0.4, 0.5) is 5.69 Å². The van der Waals surface area contributed by atoms with Gasteiger partial charge < -0.3 is 9.32 Å². The van der Waals surface area contributed by atoms with Gasteiger partial charge >= 0.3 is 0 Å². The lowest BCUT2D eigenvalue weighted by molar-refractivity contribution is 0.649. The molecule has 9 rings (SSSR count). The van der Waals surface area contributed by atoms with E-state index in [1.54, 1.807) is 0 Å². The van der Waals surface area contributed by atoms with Crippen LogP contribution >= 0.6 is 0 Å². The first-order valence-electron chi connectivity index (χ1n) is 13.8. The van der Waals surface area contributed by atoms with Crippen molar-refractivity contribution >= 4 is 61.3 Å². The lowest BCUT2D eigenvalue weighted by atomic mass is 9.91. The quantitative estimate of drug-likeness (QED) is 0.225. The zero-order valence-electron chi connectivity index (χ0n) is 22.4. The Hall–Kier alpha value is -5.42. The monoisotopic (exact) mass is 528 g/mol. The zero-order chi connectivity index (χ0) is 27.1. The molecule has 194 valence electrons. The predicted molar refractivity (Wildman–Crippen MR) is 168 cm³/mol. The molecule has 5 heteroatoms. The van der Waals surface area contributed by atoms with Gasteiger partial charge in [0.1, 0.15) is 16.7 Å². The molecule has 0 spiro atoms. The number of fused-ring (bicyclic) bond motifs is 9. The molecule has 0 atom stereocenters. The van der Waals surface area contributed by atoms with Crippen LogP contribution in [0.15, 0.2) is 114 Å². The van der Waals surface area contributed by atoms with E-state index >= 15 is 0 Å². The number of nitrogens with zero attached hydrogens (tertiary/aromatic N) is 4. The maximum atomic E-state index is 6.18. The molecule has 5 nitrogen and oxygen atoms in total. The topological polar surface area (TPSA) is 46.6 Å². The highest BCUT2D eigenvalue weighted by molar-refractivity contribution is 6.04. The molecule has 0 radical (unpaired) electrons. The van der Waals surface area contributed by atoms with E-state index in [0.717, 1.165) is 56.4 Å². The van der Waals surface area contributed by atoms with E-state index in [4.69, 9.17) is 14.4 Å². The van der Waals surface area contributed by atoms with Crippen LogP contribution < -0.4 is 4.90 Å². The Bertz CT molecular complexity index is 2380. The molecule has 0 amide bonds. The first-order valence-corrected chi connectivity index (χ1v) is 13.8. The summed E-state index contributed by atoms with van der Waals surface area (Å²) in [6.45, 7) is 0.884. The lowest BCUT2D eigenvalue weighted by Crippen LogP contribution is -2.21. The number of likely N-dealkylation sites (N-methyl/N-ethyl adjacent to an activating group) is 1. The molecule has 0 unspecified atom stereocenters. The van der Waals surface area contributed by atoms with Gasteiger partial charge in [0.25, 0.3) is 0 Å². The van der Waals surface area contributed by atoms with Crippen molar-refractivity contribution in [2.24, 2.45) is 0 Å². The van der Waals surface area contributed by atoms with Gasteiger partial charge in [-0.2, -0.15) is 0 Å². The van der Waals surface area contributed by atoms with Gasteiger partial charge in [0.05, 0.1) is 11.2 Å². The highest BCUT2D eigenvalue weighted by Crippen LogP contribution is 2.41. The van der Waals surface area contributed by atoms with Crippen LogP contribution in [0.25, 0.3) is 77.9 Å². The van der Waals surface area contributed by atoms with Crippen LogP contribution in [0.2, 0.25) is 0 Å². The number of anilines is 1. The summed E-state index contributed by atoms with van der Waals surface area (Å²) in [6, 6.07) is 32.2. The summed E-state index contributed by atoms with van der Waals surface area (Å²) >= 11 is 0. The smallest absolute Gasteiger partial charge is 0.232 e. The predicted octanol–water partition coefficient (Wildman–Crippen LogP) is 8.73. The average Bonchev–Trinajstić information content (AvgIpc) is 3.56. The SMILES string of the molecule is CN1CC=Cc2c(-c3ccc4cc(-c5ccc6nc7c8ccccc8oc7n6c5)ccc4c3)cc3cccnc3c21. The van der Waals surface area contributed by atoms with Gasteiger partial charge in [0.15, 0.2) is 0 Å². The fraction of sp³-hybridized carbons (Fsp3) is 0.0556. The molecule has 0 N–H and O–H groups in total. The molecule has 0 fully saturated rings. The number of hydrogen-bond acceptors (Lipinski definition) is 4. The van der Waals surface area contributed by atoms with Crippen molar-refractivity contribution in [3.05, 3.63) is 115 Å². The van der Waals surface area contributed by atoms with Crippen LogP contribution in [0.5, 0.6) is 0 Å². The maximum absolute atomic E-state index is 6.18. The van der Waals surface area contributed by atoms with Gasteiger partial charge in [-0.25, -0.2) is 4.98 Å². The Labute approximate surface area is 235 Å². The molecule has 5 heterocycles. The molecular formula is C36H24N4O. The second kappa shape index (κ2) is 8.29. The summed E-state index contributed by atoms with van der Waals surface area (Å²) < 4.78 is 8.24. The second-order valence-electron chi connectivity index (χ2n) is 10.8.